The van der Waals surface area contributed by atoms with E-state index in [2.05, 4.69) is 10.4 Å². The molecule has 0 unspecified atom stereocenters. The largest absolute Gasteiger partial charge is 0.495 e. The van der Waals surface area contributed by atoms with Crippen LogP contribution in [-0.2, 0) is 4.79 Å². The maximum Gasteiger partial charge on any atom is 0.281 e. The molecule has 1 atom stereocenters. The minimum Gasteiger partial charge on any atom is -0.495 e. The van der Waals surface area contributed by atoms with Crippen molar-refractivity contribution in [3.05, 3.63) is 81.5 Å². The molecule has 7 nitrogen and oxygen atoms in total. The van der Waals surface area contributed by atoms with Gasteiger partial charge in [-0.2, -0.15) is 9.78 Å². The van der Waals surface area contributed by atoms with Crippen LogP contribution >= 0.6 is 11.6 Å². The fourth-order valence-electron chi connectivity index (χ4n) is 4.28. The molecule has 4 aromatic rings. The molecule has 0 aliphatic heterocycles. The zero-order valence-corrected chi connectivity index (χ0v) is 19.7. The van der Waals surface area contributed by atoms with Crippen LogP contribution in [0.1, 0.15) is 30.8 Å². The fourth-order valence-corrected chi connectivity index (χ4v) is 4.45. The van der Waals surface area contributed by atoms with E-state index < -0.39 is 6.04 Å². The molecule has 2 heterocycles. The van der Waals surface area contributed by atoms with Gasteiger partial charge in [-0.15, -0.1) is 0 Å². The molecule has 0 fully saturated rings. The first-order chi connectivity index (χ1) is 15.9. The third-order valence-corrected chi connectivity index (χ3v) is 6.11. The Morgan fingerprint density at radius 1 is 1.15 bits per heavy atom. The van der Waals surface area contributed by atoms with Gasteiger partial charge in [0.1, 0.15) is 11.8 Å². The molecular weight excluding hydrogens is 440 g/mol. The van der Waals surface area contributed by atoms with Crippen molar-refractivity contribution in [3.8, 4) is 11.4 Å². The lowest BCUT2D eigenvalue weighted by Crippen LogP contribution is -2.27. The smallest absolute Gasteiger partial charge is 0.281 e. The Bertz CT molecular complexity index is 1390. The van der Waals surface area contributed by atoms with Crippen molar-refractivity contribution in [3.63, 3.8) is 0 Å². The molecule has 0 aliphatic carbocycles. The molecule has 0 aliphatic rings. The summed E-state index contributed by atoms with van der Waals surface area (Å²) in [6.07, 6.45) is 2.21. The van der Waals surface area contributed by atoms with E-state index in [-0.39, 0.29) is 11.5 Å². The van der Waals surface area contributed by atoms with E-state index in [0.717, 1.165) is 16.8 Å². The maximum absolute atomic E-state index is 13.4. The Morgan fingerprint density at radius 2 is 1.88 bits per heavy atom. The highest BCUT2D eigenvalue weighted by atomic mass is 35.5. The highest BCUT2D eigenvalue weighted by Crippen LogP contribution is 2.31. The number of hydrogen-bond acceptors (Lipinski definition) is 4. The fraction of sp³-hybridized carbons (Fsp3) is 0.240. The summed E-state index contributed by atoms with van der Waals surface area (Å²) in [5.74, 6) is 0.296. The number of halogens is 1. The van der Waals surface area contributed by atoms with Crippen LogP contribution in [0.15, 0.2) is 59.5 Å². The number of anilines is 1. The van der Waals surface area contributed by atoms with Crippen molar-refractivity contribution in [2.75, 3.05) is 12.4 Å². The first-order valence-electron chi connectivity index (χ1n) is 10.7. The zero-order valence-electron chi connectivity index (χ0n) is 18.9. The Morgan fingerprint density at radius 3 is 2.55 bits per heavy atom. The number of amides is 1. The minimum absolute atomic E-state index is 0.218. The van der Waals surface area contributed by atoms with Gasteiger partial charge in [-0.3, -0.25) is 9.59 Å². The molecule has 33 heavy (non-hydrogen) atoms. The summed E-state index contributed by atoms with van der Waals surface area (Å²) in [7, 11) is 1.54. The van der Waals surface area contributed by atoms with Crippen molar-refractivity contribution in [1.82, 2.24) is 14.3 Å². The van der Waals surface area contributed by atoms with Crippen LogP contribution < -0.4 is 15.6 Å². The molecule has 0 radical (unpaired) electrons. The standard InChI is InChI=1S/C25H25ClN4O3/c1-5-21(24(31)28-20-13-17(26)11-12-22(20)33-4)29-15(2)19-14-27-30(18-9-7-6-8-10-18)25(32)23(19)16(29)3/h6-14,21H,5H2,1-4H3,(H,28,31)/t21-/m0/s1. The van der Waals surface area contributed by atoms with Crippen molar-refractivity contribution in [2.45, 2.75) is 33.2 Å². The van der Waals surface area contributed by atoms with Crippen molar-refractivity contribution >= 4 is 34.0 Å². The Hall–Kier alpha value is -3.58. The zero-order chi connectivity index (χ0) is 23.7. The number of carbonyl (C=O) groups is 1. The van der Waals surface area contributed by atoms with Gasteiger partial charge >= 0.3 is 0 Å². The van der Waals surface area contributed by atoms with E-state index in [0.29, 0.717) is 34.0 Å². The third-order valence-electron chi connectivity index (χ3n) is 5.87. The quantitative estimate of drug-likeness (QED) is 0.433. The van der Waals surface area contributed by atoms with Crippen LogP contribution in [0.5, 0.6) is 5.75 Å². The summed E-state index contributed by atoms with van der Waals surface area (Å²) >= 11 is 6.12. The van der Waals surface area contributed by atoms with Crippen LogP contribution in [0.2, 0.25) is 5.02 Å². The Kier molecular flexibility index (Phi) is 6.24. The lowest BCUT2D eigenvalue weighted by Gasteiger charge is -2.21. The van der Waals surface area contributed by atoms with Crippen LogP contribution in [-0.4, -0.2) is 27.4 Å². The number of aromatic nitrogens is 3. The van der Waals surface area contributed by atoms with Gasteiger partial charge in [0.15, 0.2) is 0 Å². The second-order valence-corrected chi connectivity index (χ2v) is 8.22. The first-order valence-corrected chi connectivity index (χ1v) is 11.0. The van der Waals surface area contributed by atoms with Crippen LogP contribution in [0.4, 0.5) is 5.69 Å². The maximum atomic E-state index is 13.4. The van der Waals surface area contributed by atoms with E-state index in [4.69, 9.17) is 16.3 Å². The number of hydrogen-bond donors (Lipinski definition) is 1. The highest BCUT2D eigenvalue weighted by molar-refractivity contribution is 6.31. The predicted molar refractivity (Wildman–Crippen MR) is 131 cm³/mol. The lowest BCUT2D eigenvalue weighted by molar-refractivity contribution is -0.119. The average molecular weight is 465 g/mol. The summed E-state index contributed by atoms with van der Waals surface area (Å²) in [6.45, 7) is 5.70. The molecule has 0 saturated carbocycles. The molecule has 1 N–H and O–H groups in total. The van der Waals surface area contributed by atoms with Crippen LogP contribution in [0.25, 0.3) is 16.5 Å². The number of para-hydroxylation sites is 1. The Balaban J connectivity index is 1.80. The number of benzene rings is 2. The first kappa shape index (κ1) is 22.6. The number of carbonyl (C=O) groups excluding carboxylic acids is 1. The summed E-state index contributed by atoms with van der Waals surface area (Å²) in [5, 5.41) is 9.09. The van der Waals surface area contributed by atoms with Gasteiger partial charge in [0.2, 0.25) is 5.91 Å². The summed E-state index contributed by atoms with van der Waals surface area (Å²) in [4.78, 5) is 26.7. The summed E-state index contributed by atoms with van der Waals surface area (Å²) in [6, 6.07) is 13.8. The second-order valence-electron chi connectivity index (χ2n) is 7.78. The molecule has 0 saturated heterocycles. The predicted octanol–water partition coefficient (Wildman–Crippen LogP) is 5.06. The van der Waals surface area contributed by atoms with E-state index in [1.165, 1.54) is 11.8 Å². The molecule has 2 aromatic heterocycles. The molecular formula is C25H25ClN4O3. The third kappa shape index (κ3) is 4.00. The molecule has 0 bridgehead atoms. The molecule has 8 heteroatoms. The molecule has 0 spiro atoms. The van der Waals surface area contributed by atoms with Gasteiger partial charge in [-0.25, -0.2) is 0 Å². The molecule has 2 aromatic carbocycles. The van der Waals surface area contributed by atoms with E-state index in [9.17, 15) is 9.59 Å². The van der Waals surface area contributed by atoms with Crippen molar-refractivity contribution in [2.24, 2.45) is 0 Å². The number of nitrogens with zero attached hydrogens (tertiary/aromatic N) is 3. The SMILES string of the molecule is CC[C@@H](C(=O)Nc1cc(Cl)ccc1OC)n1c(C)c2cnn(-c3ccccc3)c(=O)c2c1C. The Labute approximate surface area is 196 Å². The summed E-state index contributed by atoms with van der Waals surface area (Å²) in [5.41, 5.74) is 2.50. The van der Waals surface area contributed by atoms with Gasteiger partial charge in [-0.1, -0.05) is 36.7 Å². The van der Waals surface area contributed by atoms with Gasteiger partial charge < -0.3 is 14.6 Å². The lowest BCUT2D eigenvalue weighted by atomic mass is 10.1. The van der Waals surface area contributed by atoms with Gasteiger partial charge in [0.25, 0.3) is 5.56 Å². The number of rotatable bonds is 6. The monoisotopic (exact) mass is 464 g/mol. The van der Waals surface area contributed by atoms with Gasteiger partial charge in [0.05, 0.1) is 30.1 Å². The second kappa shape index (κ2) is 9.11. The topological polar surface area (TPSA) is 78.2 Å². The summed E-state index contributed by atoms with van der Waals surface area (Å²) < 4.78 is 8.65. The number of methoxy groups -OCH3 is 1. The normalized spacial score (nSPS) is 12.0. The van der Waals surface area contributed by atoms with E-state index in [1.807, 2.05) is 55.7 Å². The number of aryl methyl sites for hydroxylation is 2. The minimum atomic E-state index is -0.536. The van der Waals surface area contributed by atoms with E-state index in [1.54, 1.807) is 24.4 Å². The average Bonchev–Trinajstić information content (AvgIpc) is 3.06. The number of ether oxygens (including phenoxy) is 1. The van der Waals surface area contributed by atoms with Crippen LogP contribution in [0, 0.1) is 13.8 Å². The van der Waals surface area contributed by atoms with Gasteiger partial charge in [0, 0.05) is 21.8 Å². The van der Waals surface area contributed by atoms with Crippen molar-refractivity contribution in [1.29, 1.82) is 0 Å². The molecule has 1 amide bonds. The van der Waals surface area contributed by atoms with Crippen LogP contribution in [0.3, 0.4) is 0 Å². The highest BCUT2D eigenvalue weighted by Gasteiger charge is 2.26. The molecule has 170 valence electrons. The number of nitrogens with one attached hydrogen (secondary N) is 1. The molecule has 4 rings (SSSR count). The van der Waals surface area contributed by atoms with Gasteiger partial charge in [-0.05, 0) is 50.6 Å². The van der Waals surface area contributed by atoms with Crippen molar-refractivity contribution < 1.29 is 9.53 Å². The number of fused-ring (bicyclic) bond motifs is 1. The van der Waals surface area contributed by atoms with E-state index >= 15 is 0 Å².